The first kappa shape index (κ1) is 14.4. The number of benzene rings is 1. The monoisotopic (exact) mass is 262 g/mol. The third-order valence-corrected chi connectivity index (χ3v) is 3.81. The lowest BCUT2D eigenvalue weighted by Gasteiger charge is -2.31. The quantitative estimate of drug-likeness (QED) is 0.852. The molecule has 0 saturated carbocycles. The molecule has 1 saturated heterocycles. The Hall–Kier alpha value is -1.06. The van der Waals surface area contributed by atoms with Crippen LogP contribution in [0.2, 0.25) is 0 Å². The Balaban J connectivity index is 2.19. The van der Waals surface area contributed by atoms with Crippen LogP contribution < -0.4 is 10.2 Å². The first-order valence-electron chi connectivity index (χ1n) is 7.43. The van der Waals surface area contributed by atoms with E-state index in [-0.39, 0.29) is 0 Å². The molecule has 0 radical (unpaired) electrons. The minimum absolute atomic E-state index is 0.492. The number of aryl methyl sites for hydroxylation is 1. The number of ether oxygens (including phenoxy) is 1. The van der Waals surface area contributed by atoms with Crippen molar-refractivity contribution in [3.05, 3.63) is 29.3 Å². The average molecular weight is 262 g/mol. The Labute approximate surface area is 116 Å². The van der Waals surface area contributed by atoms with Gasteiger partial charge in [-0.15, -0.1) is 0 Å². The van der Waals surface area contributed by atoms with Gasteiger partial charge in [0.2, 0.25) is 0 Å². The minimum atomic E-state index is 0.492. The van der Waals surface area contributed by atoms with E-state index in [9.17, 15) is 0 Å². The lowest BCUT2D eigenvalue weighted by atomic mass is 10.1. The zero-order chi connectivity index (χ0) is 13.7. The molecule has 0 aliphatic carbocycles. The van der Waals surface area contributed by atoms with Crippen LogP contribution in [0.3, 0.4) is 0 Å². The summed E-state index contributed by atoms with van der Waals surface area (Å²) < 4.78 is 5.52. The second kappa shape index (κ2) is 6.92. The van der Waals surface area contributed by atoms with Gasteiger partial charge >= 0.3 is 0 Å². The van der Waals surface area contributed by atoms with Crippen LogP contribution in [0, 0.1) is 6.92 Å². The second-order valence-electron chi connectivity index (χ2n) is 5.16. The van der Waals surface area contributed by atoms with E-state index in [1.807, 2.05) is 6.92 Å². The predicted octanol–water partition coefficient (Wildman–Crippen LogP) is 3.07. The molecule has 1 fully saturated rings. The van der Waals surface area contributed by atoms with E-state index in [4.69, 9.17) is 4.74 Å². The molecule has 1 N–H and O–H groups in total. The molecule has 106 valence electrons. The molecule has 0 spiro atoms. The molecule has 1 aromatic rings. The number of hydrogen-bond acceptors (Lipinski definition) is 3. The van der Waals surface area contributed by atoms with Gasteiger partial charge in [-0.2, -0.15) is 0 Å². The fourth-order valence-corrected chi connectivity index (χ4v) is 2.76. The fraction of sp³-hybridized carbons (Fsp3) is 0.625. The van der Waals surface area contributed by atoms with Crippen molar-refractivity contribution in [1.29, 1.82) is 0 Å². The summed E-state index contributed by atoms with van der Waals surface area (Å²) in [6, 6.07) is 6.67. The van der Waals surface area contributed by atoms with Crippen LogP contribution in [0.4, 0.5) is 5.69 Å². The van der Waals surface area contributed by atoms with Crippen LogP contribution in [0.1, 0.15) is 37.8 Å². The largest absolute Gasteiger partial charge is 0.377 e. The van der Waals surface area contributed by atoms with Crippen LogP contribution in [0.5, 0.6) is 0 Å². The van der Waals surface area contributed by atoms with E-state index < -0.39 is 0 Å². The summed E-state index contributed by atoms with van der Waals surface area (Å²) in [5.41, 5.74) is 3.95. The Morgan fingerprint density at radius 1 is 1.37 bits per heavy atom. The van der Waals surface area contributed by atoms with E-state index in [0.29, 0.717) is 12.8 Å². The van der Waals surface area contributed by atoms with Gasteiger partial charge in [0.1, 0.15) is 0 Å². The van der Waals surface area contributed by atoms with Gasteiger partial charge in [0.25, 0.3) is 0 Å². The lowest BCUT2D eigenvalue weighted by Crippen LogP contribution is -2.42. The van der Waals surface area contributed by atoms with Gasteiger partial charge in [-0.05, 0) is 57.4 Å². The Morgan fingerprint density at radius 3 is 2.84 bits per heavy atom. The van der Waals surface area contributed by atoms with Crippen LogP contribution in [0.25, 0.3) is 0 Å². The fourth-order valence-electron chi connectivity index (χ4n) is 2.76. The predicted molar refractivity (Wildman–Crippen MR) is 80.6 cm³/mol. The van der Waals surface area contributed by atoms with Crippen LogP contribution in [0.15, 0.2) is 18.2 Å². The minimum Gasteiger partial charge on any atom is -0.377 e. The molecule has 0 bridgehead atoms. The molecule has 1 atom stereocenters. The van der Waals surface area contributed by atoms with Crippen molar-refractivity contribution >= 4 is 5.69 Å². The maximum atomic E-state index is 5.52. The highest BCUT2D eigenvalue weighted by molar-refractivity contribution is 5.55. The molecule has 3 heteroatoms. The highest BCUT2D eigenvalue weighted by atomic mass is 16.5. The van der Waals surface area contributed by atoms with Crippen molar-refractivity contribution in [3.8, 4) is 0 Å². The zero-order valence-electron chi connectivity index (χ0n) is 12.4. The highest BCUT2D eigenvalue weighted by Crippen LogP contribution is 2.26. The molecular formula is C16H26N2O. The Kier molecular flexibility index (Phi) is 5.23. The van der Waals surface area contributed by atoms with E-state index >= 15 is 0 Å². The summed E-state index contributed by atoms with van der Waals surface area (Å²) in [5.74, 6) is 0. The third-order valence-electron chi connectivity index (χ3n) is 3.81. The maximum absolute atomic E-state index is 5.52. The van der Waals surface area contributed by atoms with Gasteiger partial charge in [0.05, 0.1) is 12.8 Å². The zero-order valence-corrected chi connectivity index (χ0v) is 12.4. The molecule has 2 rings (SSSR count). The van der Waals surface area contributed by atoms with Gasteiger partial charge < -0.3 is 9.64 Å². The molecule has 0 aromatic heterocycles. The van der Waals surface area contributed by atoms with Crippen molar-refractivity contribution in [3.63, 3.8) is 0 Å². The van der Waals surface area contributed by atoms with E-state index in [1.165, 1.54) is 29.7 Å². The molecule has 19 heavy (non-hydrogen) atoms. The summed E-state index contributed by atoms with van der Waals surface area (Å²) in [5, 5.41) is 3.59. The van der Waals surface area contributed by atoms with E-state index in [0.717, 1.165) is 19.7 Å². The van der Waals surface area contributed by atoms with Gasteiger partial charge in [-0.3, -0.25) is 5.32 Å². The first-order chi connectivity index (χ1) is 9.26. The molecule has 1 heterocycles. The third kappa shape index (κ3) is 3.48. The number of hydrogen-bond donors (Lipinski definition) is 1. The SMILES string of the molecule is CCOCc1ccc(C)c(N(CC)C2CCCN2)c1. The summed E-state index contributed by atoms with van der Waals surface area (Å²) in [6.45, 7) is 10.1. The van der Waals surface area contributed by atoms with Crippen molar-refractivity contribution in [2.75, 3.05) is 24.6 Å². The lowest BCUT2D eigenvalue weighted by molar-refractivity contribution is 0.134. The summed E-state index contributed by atoms with van der Waals surface area (Å²) >= 11 is 0. The molecular weight excluding hydrogens is 236 g/mol. The smallest absolute Gasteiger partial charge is 0.0796 e. The second-order valence-corrected chi connectivity index (χ2v) is 5.16. The number of nitrogens with one attached hydrogen (secondary N) is 1. The summed E-state index contributed by atoms with van der Waals surface area (Å²) in [4.78, 5) is 2.48. The van der Waals surface area contributed by atoms with Crippen LogP contribution in [-0.4, -0.2) is 25.9 Å². The molecule has 1 aromatic carbocycles. The molecule has 1 aliphatic heterocycles. The number of anilines is 1. The molecule has 1 unspecified atom stereocenters. The standard InChI is InChI=1S/C16H26N2O/c1-4-18(16-7-6-10-17-16)15-11-14(12-19-5-2)9-8-13(15)3/h8-9,11,16-17H,4-7,10,12H2,1-3H3. The highest BCUT2D eigenvalue weighted by Gasteiger charge is 2.22. The summed E-state index contributed by atoms with van der Waals surface area (Å²) in [6.07, 6.45) is 3.01. The number of nitrogens with zero attached hydrogens (tertiary/aromatic N) is 1. The molecule has 3 nitrogen and oxygen atoms in total. The van der Waals surface area contributed by atoms with Gasteiger partial charge in [-0.1, -0.05) is 12.1 Å². The van der Waals surface area contributed by atoms with Crippen molar-refractivity contribution < 1.29 is 4.74 Å². The average Bonchev–Trinajstić information content (AvgIpc) is 2.94. The molecule has 0 amide bonds. The van der Waals surface area contributed by atoms with Crippen LogP contribution in [-0.2, 0) is 11.3 Å². The van der Waals surface area contributed by atoms with Crippen molar-refractivity contribution in [2.45, 2.75) is 46.4 Å². The van der Waals surface area contributed by atoms with Gasteiger partial charge in [-0.25, -0.2) is 0 Å². The number of rotatable bonds is 6. The topological polar surface area (TPSA) is 24.5 Å². The first-order valence-corrected chi connectivity index (χ1v) is 7.43. The Bertz CT molecular complexity index is 400. The van der Waals surface area contributed by atoms with Gasteiger partial charge in [0.15, 0.2) is 0 Å². The van der Waals surface area contributed by atoms with E-state index in [1.54, 1.807) is 0 Å². The normalized spacial score (nSPS) is 18.8. The van der Waals surface area contributed by atoms with Gasteiger partial charge in [0, 0.05) is 18.8 Å². The van der Waals surface area contributed by atoms with Crippen LogP contribution >= 0.6 is 0 Å². The van der Waals surface area contributed by atoms with E-state index in [2.05, 4.69) is 42.3 Å². The summed E-state index contributed by atoms with van der Waals surface area (Å²) in [7, 11) is 0. The molecule has 1 aliphatic rings. The Morgan fingerprint density at radius 2 is 2.21 bits per heavy atom. The van der Waals surface area contributed by atoms with Crippen molar-refractivity contribution in [2.24, 2.45) is 0 Å². The maximum Gasteiger partial charge on any atom is 0.0796 e. The van der Waals surface area contributed by atoms with Crippen molar-refractivity contribution in [1.82, 2.24) is 5.32 Å².